The molecule has 172 valence electrons. The van der Waals surface area contributed by atoms with Crippen LogP contribution in [0.15, 0.2) is 72.9 Å². The zero-order chi connectivity index (χ0) is 24.0. The van der Waals surface area contributed by atoms with E-state index in [-0.39, 0.29) is 17.8 Å². The highest BCUT2D eigenvalue weighted by Gasteiger charge is 2.44. The molecule has 2 atom stereocenters. The minimum Gasteiger partial charge on any atom is -0.506 e. The minimum atomic E-state index is -0.213. The molecule has 1 fully saturated rings. The van der Waals surface area contributed by atoms with Crippen LogP contribution < -0.4 is 10.2 Å². The van der Waals surface area contributed by atoms with E-state index in [9.17, 15) is 5.11 Å². The molecule has 0 unspecified atom stereocenters. The molecule has 4 aromatic rings. The van der Waals surface area contributed by atoms with Gasteiger partial charge >= 0.3 is 0 Å². The second kappa shape index (κ2) is 8.78. The second-order valence-electron chi connectivity index (χ2n) is 8.51. The molecule has 7 heteroatoms. The van der Waals surface area contributed by atoms with Crippen LogP contribution in [0.3, 0.4) is 0 Å². The van der Waals surface area contributed by atoms with Crippen LogP contribution in [0.1, 0.15) is 40.3 Å². The molecule has 0 radical (unpaired) electrons. The number of phenolic OH excluding ortho intramolecular Hbond substituents is 1. The Morgan fingerprint density at radius 3 is 2.44 bits per heavy atom. The van der Waals surface area contributed by atoms with Gasteiger partial charge in [-0.3, -0.25) is 4.98 Å². The molecule has 0 aliphatic carbocycles. The van der Waals surface area contributed by atoms with Gasteiger partial charge in [0.15, 0.2) is 5.11 Å². The number of hydrogen-bond acceptors (Lipinski definition) is 3. The van der Waals surface area contributed by atoms with Gasteiger partial charge in [-0.1, -0.05) is 35.9 Å². The summed E-state index contributed by atoms with van der Waals surface area (Å²) in [6.45, 7) is 6.38. The Morgan fingerprint density at radius 2 is 1.74 bits per heavy atom. The van der Waals surface area contributed by atoms with Crippen LogP contribution in [-0.2, 0) is 0 Å². The summed E-state index contributed by atoms with van der Waals surface area (Å²) in [7, 11) is 0. The molecule has 34 heavy (non-hydrogen) atoms. The Bertz CT molecular complexity index is 1380. The summed E-state index contributed by atoms with van der Waals surface area (Å²) in [6.07, 6.45) is 1.79. The smallest absolute Gasteiger partial charge is 0.174 e. The van der Waals surface area contributed by atoms with E-state index >= 15 is 0 Å². The van der Waals surface area contributed by atoms with Crippen molar-refractivity contribution in [1.82, 2.24) is 14.9 Å². The van der Waals surface area contributed by atoms with E-state index in [2.05, 4.69) is 41.7 Å². The first-order chi connectivity index (χ1) is 16.4. The van der Waals surface area contributed by atoms with Crippen molar-refractivity contribution in [1.29, 1.82) is 0 Å². The molecule has 0 saturated carbocycles. The SMILES string of the molecule is Cc1c([C@@H]2[C@H](c3ccccn3)NC(=S)N2c2ccccc2O)c(C)n(-c2cccc(Cl)c2)c1C. The monoisotopic (exact) mass is 488 g/mol. The molecule has 5 rings (SSSR count). The van der Waals surface area contributed by atoms with Gasteiger partial charge in [0, 0.05) is 33.9 Å². The molecule has 2 aromatic heterocycles. The van der Waals surface area contributed by atoms with Crippen molar-refractivity contribution in [2.24, 2.45) is 0 Å². The van der Waals surface area contributed by atoms with Crippen LogP contribution in [0.5, 0.6) is 5.75 Å². The number of benzene rings is 2. The predicted octanol–water partition coefficient (Wildman–Crippen LogP) is 6.33. The molecular formula is C27H25ClN4OS. The first-order valence-electron chi connectivity index (χ1n) is 11.1. The summed E-state index contributed by atoms with van der Waals surface area (Å²) < 4.78 is 2.23. The number of pyridine rings is 1. The number of aromatic hydroxyl groups is 1. The van der Waals surface area contributed by atoms with Crippen molar-refractivity contribution in [2.75, 3.05) is 4.90 Å². The van der Waals surface area contributed by atoms with E-state index < -0.39 is 0 Å². The Morgan fingerprint density at radius 1 is 0.971 bits per heavy atom. The first kappa shape index (κ1) is 22.4. The molecule has 0 amide bonds. The number of aromatic nitrogens is 2. The van der Waals surface area contributed by atoms with Crippen molar-refractivity contribution in [3.63, 3.8) is 0 Å². The molecule has 0 spiro atoms. The molecule has 0 bridgehead atoms. The van der Waals surface area contributed by atoms with E-state index in [4.69, 9.17) is 23.8 Å². The second-order valence-corrected chi connectivity index (χ2v) is 9.33. The van der Waals surface area contributed by atoms with Crippen molar-refractivity contribution < 1.29 is 5.11 Å². The standard InChI is InChI=1S/C27H25ClN4OS/c1-16-17(2)31(20-10-8-9-19(28)15-20)18(3)24(16)26-25(21-11-6-7-14-29-21)30-27(34)32(26)22-12-4-5-13-23(22)33/h4-15,25-26,33H,1-3H3,(H,30,34)/t25-,26+/m0/s1. The third-order valence-corrected chi connectivity index (χ3v) is 7.16. The summed E-state index contributed by atoms with van der Waals surface area (Å²) >= 11 is 12.2. The van der Waals surface area contributed by atoms with Crippen LogP contribution in [0.25, 0.3) is 5.69 Å². The van der Waals surface area contributed by atoms with E-state index in [0.29, 0.717) is 15.8 Å². The fraction of sp³-hybridized carbons (Fsp3) is 0.185. The molecule has 1 saturated heterocycles. The quantitative estimate of drug-likeness (QED) is 0.328. The lowest BCUT2D eigenvalue weighted by Crippen LogP contribution is -2.29. The Kier molecular flexibility index (Phi) is 5.80. The summed E-state index contributed by atoms with van der Waals surface area (Å²) in [4.78, 5) is 6.66. The summed E-state index contributed by atoms with van der Waals surface area (Å²) in [5, 5.41) is 15.5. The van der Waals surface area contributed by atoms with Crippen LogP contribution in [-0.4, -0.2) is 19.8 Å². The van der Waals surface area contributed by atoms with Gasteiger partial charge in [-0.2, -0.15) is 0 Å². The molecule has 2 aromatic carbocycles. The maximum Gasteiger partial charge on any atom is 0.174 e. The fourth-order valence-corrected chi connectivity index (χ4v) is 5.54. The number of hydrogen-bond donors (Lipinski definition) is 2. The van der Waals surface area contributed by atoms with Gasteiger partial charge in [-0.05, 0) is 81.0 Å². The molecule has 5 nitrogen and oxygen atoms in total. The number of halogens is 1. The van der Waals surface area contributed by atoms with Crippen LogP contribution >= 0.6 is 23.8 Å². The average Bonchev–Trinajstić information content (AvgIpc) is 3.27. The highest BCUT2D eigenvalue weighted by Crippen LogP contribution is 2.47. The van der Waals surface area contributed by atoms with Gasteiger partial charge in [-0.25, -0.2) is 0 Å². The number of rotatable bonds is 4. The Labute approximate surface area is 209 Å². The maximum absolute atomic E-state index is 10.8. The van der Waals surface area contributed by atoms with E-state index in [1.54, 1.807) is 12.3 Å². The van der Waals surface area contributed by atoms with Gasteiger partial charge < -0.3 is 19.9 Å². The molecular weight excluding hydrogens is 464 g/mol. The highest BCUT2D eigenvalue weighted by molar-refractivity contribution is 7.80. The third-order valence-electron chi connectivity index (χ3n) is 6.61. The van der Waals surface area contributed by atoms with Gasteiger partial charge in [0.1, 0.15) is 5.75 Å². The van der Waals surface area contributed by atoms with Crippen LogP contribution in [0.4, 0.5) is 5.69 Å². The number of nitrogens with one attached hydrogen (secondary N) is 1. The average molecular weight is 489 g/mol. The van der Waals surface area contributed by atoms with Crippen molar-refractivity contribution >= 4 is 34.6 Å². The number of thiocarbonyl (C=S) groups is 1. The minimum absolute atomic E-state index is 0.180. The normalized spacial score (nSPS) is 17.8. The molecule has 3 heterocycles. The van der Waals surface area contributed by atoms with Gasteiger partial charge in [-0.15, -0.1) is 0 Å². The fourth-order valence-electron chi connectivity index (χ4n) is 5.02. The first-order valence-corrected chi connectivity index (χ1v) is 11.9. The third kappa shape index (κ3) is 3.63. The predicted molar refractivity (Wildman–Crippen MR) is 141 cm³/mol. The van der Waals surface area contributed by atoms with E-state index in [1.807, 2.05) is 59.5 Å². The number of nitrogens with zero attached hydrogens (tertiary/aromatic N) is 3. The van der Waals surface area contributed by atoms with Gasteiger partial charge in [0.05, 0.1) is 23.5 Å². The molecule has 1 aliphatic heterocycles. The lowest BCUT2D eigenvalue weighted by Gasteiger charge is -2.29. The van der Waals surface area contributed by atoms with Crippen LogP contribution in [0, 0.1) is 20.8 Å². The topological polar surface area (TPSA) is 53.3 Å². The maximum atomic E-state index is 10.8. The van der Waals surface area contributed by atoms with Gasteiger partial charge in [0.2, 0.25) is 0 Å². The lowest BCUT2D eigenvalue weighted by atomic mass is 9.93. The van der Waals surface area contributed by atoms with Crippen molar-refractivity contribution in [3.8, 4) is 11.4 Å². The van der Waals surface area contributed by atoms with Crippen molar-refractivity contribution in [2.45, 2.75) is 32.9 Å². The number of para-hydroxylation sites is 2. The van der Waals surface area contributed by atoms with E-state index in [0.717, 1.165) is 33.9 Å². The Hall–Kier alpha value is -3.35. The van der Waals surface area contributed by atoms with Crippen molar-refractivity contribution in [3.05, 3.63) is 106 Å². The highest BCUT2D eigenvalue weighted by atomic mass is 35.5. The Balaban J connectivity index is 1.75. The van der Waals surface area contributed by atoms with Crippen LogP contribution in [0.2, 0.25) is 5.02 Å². The van der Waals surface area contributed by atoms with Gasteiger partial charge in [0.25, 0.3) is 0 Å². The summed E-state index contributed by atoms with van der Waals surface area (Å²) in [6, 6.07) is 20.7. The number of anilines is 1. The summed E-state index contributed by atoms with van der Waals surface area (Å²) in [5.41, 5.74) is 7.09. The number of phenols is 1. The summed E-state index contributed by atoms with van der Waals surface area (Å²) in [5.74, 6) is 0.180. The van der Waals surface area contributed by atoms with E-state index in [1.165, 1.54) is 0 Å². The zero-order valence-corrected chi connectivity index (χ0v) is 20.7. The largest absolute Gasteiger partial charge is 0.506 e. The molecule has 1 aliphatic rings. The molecule has 2 N–H and O–H groups in total. The zero-order valence-electron chi connectivity index (χ0n) is 19.2. The lowest BCUT2D eigenvalue weighted by molar-refractivity contribution is 0.472.